The molecule has 0 amide bonds. The average Bonchev–Trinajstić information content (AvgIpc) is 2.11. The molecule has 3 nitrogen and oxygen atoms in total. The molecule has 0 heterocycles. The van der Waals surface area contributed by atoms with Crippen LogP contribution in [-0.2, 0) is 14.3 Å². The van der Waals surface area contributed by atoms with E-state index in [0.717, 1.165) is 0 Å². The first kappa shape index (κ1) is 11.4. The average molecular weight is 235 g/mol. The molecule has 0 atom stereocenters. The molecule has 0 spiro atoms. The number of carbonyl (C=O) groups excluding carboxylic acids is 2. The number of carbonyl (C=O) groups is 2. The smallest absolute Gasteiger partial charge is 0.341 e. The lowest BCUT2D eigenvalue weighted by Gasteiger charge is -2.00. The monoisotopic (exact) mass is 234 g/mol. The van der Waals surface area contributed by atoms with Crippen LogP contribution in [0.2, 0.25) is 0 Å². The van der Waals surface area contributed by atoms with Gasteiger partial charge in [-0.3, -0.25) is 4.79 Å². The summed E-state index contributed by atoms with van der Waals surface area (Å²) in [6.07, 6.45) is 2.21. The molecule has 0 aromatic carbocycles. The highest BCUT2D eigenvalue weighted by Gasteiger charge is 2.16. The second kappa shape index (κ2) is 5.94. The maximum absolute atomic E-state index is 11.1. The van der Waals surface area contributed by atoms with Crippen LogP contribution in [0.15, 0.2) is 11.6 Å². The lowest BCUT2D eigenvalue weighted by molar-refractivity contribution is -0.137. The van der Waals surface area contributed by atoms with E-state index in [9.17, 15) is 9.59 Å². The van der Waals surface area contributed by atoms with Gasteiger partial charge in [0, 0.05) is 0 Å². The third-order valence-corrected chi connectivity index (χ3v) is 1.74. The molecule has 0 N–H and O–H groups in total. The van der Waals surface area contributed by atoms with Crippen molar-refractivity contribution in [1.82, 2.24) is 0 Å². The molecule has 12 heavy (non-hydrogen) atoms. The Labute approximate surface area is 79.9 Å². The van der Waals surface area contributed by atoms with Crippen LogP contribution < -0.4 is 0 Å². The van der Waals surface area contributed by atoms with Gasteiger partial charge < -0.3 is 4.74 Å². The fourth-order valence-electron chi connectivity index (χ4n) is 0.697. The van der Waals surface area contributed by atoms with E-state index in [4.69, 9.17) is 0 Å². The number of halogens is 1. The Morgan fingerprint density at radius 1 is 1.50 bits per heavy atom. The van der Waals surface area contributed by atoms with Crippen LogP contribution in [0.25, 0.3) is 0 Å². The molecule has 0 aliphatic heterocycles. The maximum Gasteiger partial charge on any atom is 0.341 e. The van der Waals surface area contributed by atoms with Gasteiger partial charge in [-0.1, -0.05) is 28.9 Å². The summed E-state index contributed by atoms with van der Waals surface area (Å²) in [5.41, 5.74) is 0.122. The first-order chi connectivity index (χ1) is 5.67. The van der Waals surface area contributed by atoms with E-state index >= 15 is 0 Å². The zero-order chi connectivity index (χ0) is 9.56. The van der Waals surface area contributed by atoms with Crippen molar-refractivity contribution in [3.63, 3.8) is 0 Å². The summed E-state index contributed by atoms with van der Waals surface area (Å²) in [5, 5.41) is 0.147. The predicted octanol–water partition coefficient (Wildman–Crippen LogP) is 1.46. The van der Waals surface area contributed by atoms with Crippen molar-refractivity contribution in [2.45, 2.75) is 13.3 Å². The van der Waals surface area contributed by atoms with Crippen LogP contribution in [0, 0.1) is 0 Å². The molecule has 0 radical (unpaired) electrons. The van der Waals surface area contributed by atoms with E-state index in [1.54, 1.807) is 6.08 Å². The van der Waals surface area contributed by atoms with Crippen molar-refractivity contribution in [3.05, 3.63) is 11.6 Å². The third kappa shape index (κ3) is 3.17. The summed E-state index contributed by atoms with van der Waals surface area (Å²) < 4.78 is 4.44. The Kier molecular flexibility index (Phi) is 5.62. The van der Waals surface area contributed by atoms with Gasteiger partial charge in [0.1, 0.15) is 0 Å². The molecule has 0 aromatic heterocycles. The van der Waals surface area contributed by atoms with Crippen molar-refractivity contribution >= 4 is 27.7 Å². The van der Waals surface area contributed by atoms with Gasteiger partial charge in [-0.2, -0.15) is 0 Å². The van der Waals surface area contributed by atoms with Gasteiger partial charge in [-0.05, 0) is 6.42 Å². The molecule has 0 bridgehead atoms. The quantitative estimate of drug-likeness (QED) is 0.243. The van der Waals surface area contributed by atoms with Crippen molar-refractivity contribution in [2.75, 3.05) is 12.4 Å². The topological polar surface area (TPSA) is 43.4 Å². The number of hydrogen-bond donors (Lipinski definition) is 0. The summed E-state index contributed by atoms with van der Waals surface area (Å²) in [6.45, 7) is 1.85. The molecule has 68 valence electrons. The van der Waals surface area contributed by atoms with Crippen molar-refractivity contribution in [3.8, 4) is 0 Å². The first-order valence-corrected chi connectivity index (χ1v) is 4.67. The first-order valence-electron chi connectivity index (χ1n) is 3.55. The summed E-state index contributed by atoms with van der Waals surface area (Å²) in [5.74, 6) is -0.815. The summed E-state index contributed by atoms with van der Waals surface area (Å²) >= 11 is 2.98. The molecule has 0 saturated heterocycles. The highest BCUT2D eigenvalue weighted by Crippen LogP contribution is 2.03. The van der Waals surface area contributed by atoms with Crippen molar-refractivity contribution in [1.29, 1.82) is 0 Å². The molecule has 0 unspecified atom stereocenters. The zero-order valence-electron chi connectivity index (χ0n) is 7.09. The maximum atomic E-state index is 11.1. The van der Waals surface area contributed by atoms with Crippen LogP contribution >= 0.6 is 15.9 Å². The molecular formula is C8H11BrO3. The normalized spacial score (nSPS) is 11.1. The second-order valence-corrected chi connectivity index (χ2v) is 2.64. The summed E-state index contributed by atoms with van der Waals surface area (Å²) in [4.78, 5) is 22.1. The number of esters is 1. The lowest BCUT2D eigenvalue weighted by atomic mass is 10.1. The molecule has 0 aromatic rings. The molecule has 0 aliphatic carbocycles. The van der Waals surface area contributed by atoms with Crippen LogP contribution in [0.5, 0.6) is 0 Å². The molecular weight excluding hydrogens is 224 g/mol. The minimum absolute atomic E-state index is 0.122. The Balaban J connectivity index is 4.55. The van der Waals surface area contributed by atoms with Gasteiger partial charge >= 0.3 is 5.97 Å². The number of allylic oxidation sites excluding steroid dienone is 1. The van der Waals surface area contributed by atoms with Crippen LogP contribution in [0.4, 0.5) is 0 Å². The number of ketones is 1. The number of hydrogen-bond acceptors (Lipinski definition) is 3. The highest BCUT2D eigenvalue weighted by atomic mass is 79.9. The Morgan fingerprint density at radius 2 is 2.08 bits per heavy atom. The Hall–Kier alpha value is -0.640. The van der Waals surface area contributed by atoms with Gasteiger partial charge in [0.15, 0.2) is 5.78 Å². The Morgan fingerprint density at radius 3 is 2.42 bits per heavy atom. The third-order valence-electron chi connectivity index (χ3n) is 1.24. The molecule has 0 fully saturated rings. The number of methoxy groups -OCH3 is 1. The second-order valence-electron chi connectivity index (χ2n) is 2.07. The number of ether oxygens (including phenoxy) is 1. The highest BCUT2D eigenvalue weighted by molar-refractivity contribution is 9.09. The minimum Gasteiger partial charge on any atom is -0.465 e. The largest absolute Gasteiger partial charge is 0.465 e. The van der Waals surface area contributed by atoms with Crippen molar-refractivity contribution in [2.24, 2.45) is 0 Å². The zero-order valence-corrected chi connectivity index (χ0v) is 8.68. The number of Topliss-reactive ketones (excluding diaryl/α,β-unsaturated/α-hetero) is 1. The van der Waals surface area contributed by atoms with Gasteiger partial charge in [-0.25, -0.2) is 4.79 Å². The van der Waals surface area contributed by atoms with E-state index in [2.05, 4.69) is 20.7 Å². The molecule has 0 saturated carbocycles. The van der Waals surface area contributed by atoms with Gasteiger partial charge in [-0.15, -0.1) is 0 Å². The fraction of sp³-hybridized carbons (Fsp3) is 0.500. The van der Waals surface area contributed by atoms with E-state index < -0.39 is 5.97 Å². The predicted molar refractivity (Wildman–Crippen MR) is 49.2 cm³/mol. The molecule has 0 aliphatic rings. The van der Waals surface area contributed by atoms with E-state index in [0.29, 0.717) is 6.42 Å². The Bertz CT molecular complexity index is 190. The minimum atomic E-state index is -0.568. The fourth-order valence-corrected chi connectivity index (χ4v) is 0.999. The number of alkyl halides is 1. The standard InChI is InChI=1S/C8H11BrO3/c1-3-4-6(7(10)5-9)8(11)12-2/h4H,3,5H2,1-2H3/b6-4-. The van der Waals surface area contributed by atoms with Crippen LogP contribution in [-0.4, -0.2) is 24.2 Å². The summed E-state index contributed by atoms with van der Waals surface area (Å²) in [7, 11) is 1.26. The molecule has 0 rings (SSSR count). The van der Waals surface area contributed by atoms with Crippen LogP contribution in [0.3, 0.4) is 0 Å². The molecule has 4 heteroatoms. The number of rotatable bonds is 4. The van der Waals surface area contributed by atoms with Gasteiger partial charge in [0.2, 0.25) is 0 Å². The SMILES string of the molecule is CC/C=C(/C(=O)CBr)C(=O)OC. The van der Waals surface area contributed by atoms with E-state index in [1.165, 1.54) is 7.11 Å². The van der Waals surface area contributed by atoms with Crippen molar-refractivity contribution < 1.29 is 14.3 Å². The van der Waals surface area contributed by atoms with E-state index in [-0.39, 0.29) is 16.7 Å². The van der Waals surface area contributed by atoms with Gasteiger partial charge in [0.05, 0.1) is 18.0 Å². The van der Waals surface area contributed by atoms with Crippen LogP contribution in [0.1, 0.15) is 13.3 Å². The van der Waals surface area contributed by atoms with Gasteiger partial charge in [0.25, 0.3) is 0 Å². The summed E-state index contributed by atoms with van der Waals surface area (Å²) in [6, 6.07) is 0. The lowest BCUT2D eigenvalue weighted by Crippen LogP contribution is -2.15. The van der Waals surface area contributed by atoms with E-state index in [1.807, 2.05) is 6.92 Å².